The van der Waals surface area contributed by atoms with E-state index in [1.807, 2.05) is 30.3 Å². The van der Waals surface area contributed by atoms with Crippen LogP contribution in [0.2, 0.25) is 0 Å². The molecule has 0 aromatic heterocycles. The largest absolute Gasteiger partial charge is 0.497 e. The predicted molar refractivity (Wildman–Crippen MR) is 136 cm³/mol. The lowest BCUT2D eigenvalue weighted by atomic mass is 9.94. The third-order valence-corrected chi connectivity index (χ3v) is 6.18. The highest BCUT2D eigenvalue weighted by Gasteiger charge is 2.21. The van der Waals surface area contributed by atoms with E-state index in [4.69, 9.17) is 4.74 Å². The molecule has 3 N–H and O–H groups in total. The lowest BCUT2D eigenvalue weighted by Crippen LogP contribution is -2.41. The van der Waals surface area contributed by atoms with Gasteiger partial charge in [-0.15, -0.1) is 0 Å². The van der Waals surface area contributed by atoms with Gasteiger partial charge in [0.25, 0.3) is 11.8 Å². The third-order valence-electron chi connectivity index (χ3n) is 5.69. The van der Waals surface area contributed by atoms with Gasteiger partial charge in [-0.1, -0.05) is 58.4 Å². The molecule has 0 saturated heterocycles. The minimum atomic E-state index is -0.364. The van der Waals surface area contributed by atoms with Crippen LogP contribution in [0.25, 0.3) is 6.08 Å². The van der Waals surface area contributed by atoms with Crippen LogP contribution in [-0.2, 0) is 11.2 Å². The lowest BCUT2D eigenvalue weighted by Gasteiger charge is -2.27. The van der Waals surface area contributed by atoms with Gasteiger partial charge in [0.05, 0.1) is 7.11 Å². The summed E-state index contributed by atoms with van der Waals surface area (Å²) in [6.07, 6.45) is 2.62. The Morgan fingerprint density at radius 1 is 1.09 bits per heavy atom. The monoisotopic (exact) mass is 519 g/mol. The Balaban J connectivity index is 1.53. The van der Waals surface area contributed by atoms with Crippen LogP contribution in [0, 0.1) is 0 Å². The van der Waals surface area contributed by atoms with Gasteiger partial charge in [0.2, 0.25) is 0 Å². The zero-order valence-electron chi connectivity index (χ0n) is 18.8. The second-order valence-corrected chi connectivity index (χ2v) is 8.88. The smallest absolute Gasteiger partial charge is 0.267 e. The molecular formula is C27H26BrN3O3. The minimum absolute atomic E-state index is 0.0110. The van der Waals surface area contributed by atoms with Gasteiger partial charge in [-0.2, -0.15) is 0 Å². The van der Waals surface area contributed by atoms with Crippen LogP contribution in [-0.4, -0.2) is 32.0 Å². The van der Waals surface area contributed by atoms with Crippen LogP contribution in [0.3, 0.4) is 0 Å². The van der Waals surface area contributed by atoms with Crippen molar-refractivity contribution in [3.63, 3.8) is 0 Å². The number of carbonyl (C=O) groups is 2. The molecule has 3 aromatic carbocycles. The zero-order valence-corrected chi connectivity index (χ0v) is 20.4. The van der Waals surface area contributed by atoms with Gasteiger partial charge in [-0.25, -0.2) is 0 Å². The number of hydrogen-bond acceptors (Lipinski definition) is 4. The first-order valence-corrected chi connectivity index (χ1v) is 11.8. The summed E-state index contributed by atoms with van der Waals surface area (Å²) in [6, 6.07) is 22.6. The predicted octanol–water partition coefficient (Wildman–Crippen LogP) is 4.23. The van der Waals surface area contributed by atoms with Gasteiger partial charge in [0, 0.05) is 22.6 Å². The second-order valence-electron chi connectivity index (χ2n) is 7.96. The van der Waals surface area contributed by atoms with Crippen molar-refractivity contribution in [1.82, 2.24) is 16.0 Å². The molecule has 1 atom stereocenters. The number of hydrogen-bond donors (Lipinski definition) is 3. The fraction of sp³-hybridized carbons (Fsp3) is 0.185. The molecule has 7 heteroatoms. The molecule has 34 heavy (non-hydrogen) atoms. The van der Waals surface area contributed by atoms with Crippen molar-refractivity contribution in [3.8, 4) is 5.75 Å². The lowest BCUT2D eigenvalue weighted by molar-refractivity contribution is -0.117. The van der Waals surface area contributed by atoms with E-state index in [9.17, 15) is 9.59 Å². The molecule has 1 unspecified atom stereocenters. The van der Waals surface area contributed by atoms with Crippen LogP contribution in [0.15, 0.2) is 83.0 Å². The summed E-state index contributed by atoms with van der Waals surface area (Å²) < 4.78 is 5.99. The number of halogens is 1. The normalized spacial score (nSPS) is 15.2. The summed E-state index contributed by atoms with van der Waals surface area (Å²) >= 11 is 3.38. The van der Waals surface area contributed by atoms with Gasteiger partial charge in [0.1, 0.15) is 11.4 Å². The molecule has 3 aromatic rings. The fourth-order valence-electron chi connectivity index (χ4n) is 3.91. The Hall–Kier alpha value is -3.42. The number of amides is 2. The maximum atomic E-state index is 13.2. The maximum absolute atomic E-state index is 13.2. The van der Waals surface area contributed by atoms with Crippen molar-refractivity contribution in [3.05, 3.63) is 105 Å². The Labute approximate surface area is 207 Å². The van der Waals surface area contributed by atoms with E-state index in [1.165, 1.54) is 11.1 Å². The number of rotatable bonds is 7. The number of carbonyl (C=O) groups excluding carboxylic acids is 2. The van der Waals surface area contributed by atoms with E-state index in [-0.39, 0.29) is 23.6 Å². The zero-order chi connectivity index (χ0) is 23.9. The molecule has 1 heterocycles. The second kappa shape index (κ2) is 11.1. The third kappa shape index (κ3) is 5.92. The molecule has 0 aliphatic carbocycles. The number of fused-ring (bicyclic) bond motifs is 1. The molecule has 1 aliphatic rings. The van der Waals surface area contributed by atoms with Crippen LogP contribution >= 0.6 is 15.9 Å². The number of benzene rings is 3. The van der Waals surface area contributed by atoms with Crippen molar-refractivity contribution in [2.45, 2.75) is 12.5 Å². The molecule has 174 valence electrons. The van der Waals surface area contributed by atoms with Crippen LogP contribution in [0.4, 0.5) is 0 Å². The molecule has 1 aliphatic heterocycles. The van der Waals surface area contributed by atoms with E-state index in [0.29, 0.717) is 17.9 Å². The van der Waals surface area contributed by atoms with E-state index in [2.05, 4.69) is 44.0 Å². The van der Waals surface area contributed by atoms with E-state index < -0.39 is 0 Å². The number of nitrogens with one attached hydrogen (secondary N) is 3. The van der Waals surface area contributed by atoms with Gasteiger partial charge in [-0.05, 0) is 66.1 Å². The average Bonchev–Trinajstić information content (AvgIpc) is 2.87. The van der Waals surface area contributed by atoms with Crippen LogP contribution in [0.5, 0.6) is 5.75 Å². The van der Waals surface area contributed by atoms with E-state index in [1.54, 1.807) is 43.5 Å². The minimum Gasteiger partial charge on any atom is -0.497 e. The van der Waals surface area contributed by atoms with Crippen LogP contribution in [0.1, 0.15) is 33.1 Å². The Bertz CT molecular complexity index is 1210. The first kappa shape index (κ1) is 23.7. The van der Waals surface area contributed by atoms with E-state index >= 15 is 0 Å². The SMILES string of the molecule is COc1ccc(/C=C(\NC(=O)c2cccc(Br)c2)C(=O)NCC2NCCc3ccccc32)cc1. The van der Waals surface area contributed by atoms with Crippen molar-refractivity contribution in [2.75, 3.05) is 20.2 Å². The van der Waals surface area contributed by atoms with Gasteiger partial charge < -0.3 is 20.7 Å². The molecule has 0 fully saturated rings. The van der Waals surface area contributed by atoms with Crippen molar-refractivity contribution in [2.24, 2.45) is 0 Å². The quantitative estimate of drug-likeness (QED) is 0.408. The van der Waals surface area contributed by atoms with Crippen molar-refractivity contribution < 1.29 is 14.3 Å². The summed E-state index contributed by atoms with van der Waals surface area (Å²) in [6.45, 7) is 1.26. The maximum Gasteiger partial charge on any atom is 0.267 e. The molecule has 0 spiro atoms. The topological polar surface area (TPSA) is 79.5 Å². The Kier molecular flexibility index (Phi) is 7.77. The van der Waals surface area contributed by atoms with Crippen molar-refractivity contribution >= 4 is 33.8 Å². The Morgan fingerprint density at radius 3 is 2.65 bits per heavy atom. The van der Waals surface area contributed by atoms with Gasteiger partial charge in [-0.3, -0.25) is 9.59 Å². The molecule has 6 nitrogen and oxygen atoms in total. The van der Waals surface area contributed by atoms with Gasteiger partial charge >= 0.3 is 0 Å². The fourth-order valence-corrected chi connectivity index (χ4v) is 4.31. The average molecular weight is 520 g/mol. The highest BCUT2D eigenvalue weighted by Crippen LogP contribution is 2.22. The summed E-state index contributed by atoms with van der Waals surface area (Å²) in [5.74, 6) is -0.00951. The molecular weight excluding hydrogens is 494 g/mol. The molecule has 0 saturated carbocycles. The number of ether oxygens (including phenoxy) is 1. The first-order chi connectivity index (χ1) is 16.5. The summed E-state index contributed by atoms with van der Waals surface area (Å²) in [5.41, 5.74) is 3.86. The molecule has 0 bridgehead atoms. The summed E-state index contributed by atoms with van der Waals surface area (Å²) in [7, 11) is 1.60. The molecule has 4 rings (SSSR count). The van der Waals surface area contributed by atoms with E-state index in [0.717, 1.165) is 23.0 Å². The number of methoxy groups -OCH3 is 1. The molecule has 2 amide bonds. The van der Waals surface area contributed by atoms with Crippen molar-refractivity contribution in [1.29, 1.82) is 0 Å². The standard InChI is InChI=1S/C27H26BrN3O3/c1-34-22-11-9-18(10-12-22)15-24(31-26(32)20-6-4-7-21(28)16-20)27(33)30-17-25-23-8-3-2-5-19(23)13-14-29-25/h2-12,15-16,25,29H,13-14,17H2,1H3,(H,30,33)(H,31,32)/b24-15-. The highest BCUT2D eigenvalue weighted by atomic mass is 79.9. The summed E-state index contributed by atoms with van der Waals surface area (Å²) in [5, 5.41) is 9.23. The van der Waals surface area contributed by atoms with Gasteiger partial charge in [0.15, 0.2) is 0 Å². The Morgan fingerprint density at radius 2 is 1.88 bits per heavy atom. The summed E-state index contributed by atoms with van der Waals surface area (Å²) in [4.78, 5) is 26.1. The highest BCUT2D eigenvalue weighted by molar-refractivity contribution is 9.10. The van der Waals surface area contributed by atoms with Crippen LogP contribution < -0.4 is 20.7 Å². The first-order valence-electron chi connectivity index (χ1n) is 11.1. The molecule has 0 radical (unpaired) electrons.